The highest BCUT2D eigenvalue weighted by molar-refractivity contribution is 5.80. The van der Waals surface area contributed by atoms with E-state index in [-0.39, 0.29) is 13.0 Å². The predicted octanol–water partition coefficient (Wildman–Crippen LogP) is 0.737. The van der Waals surface area contributed by atoms with Gasteiger partial charge in [0.25, 0.3) is 0 Å². The molecule has 0 aliphatic rings. The molecule has 0 aromatic heterocycles. The van der Waals surface area contributed by atoms with Crippen molar-refractivity contribution in [1.82, 2.24) is 5.32 Å². The summed E-state index contributed by atoms with van der Waals surface area (Å²) in [5.41, 5.74) is -0.658. The Kier molecular flexibility index (Phi) is 5.81. The monoisotopic (exact) mass is 233 g/mol. The number of hydrogen-bond acceptors (Lipinski definition) is 4. The Morgan fingerprint density at radius 3 is 2.31 bits per heavy atom. The minimum Gasteiger partial charge on any atom is -0.465 e. The van der Waals surface area contributed by atoms with E-state index in [0.29, 0.717) is 6.42 Å². The first-order valence-electron chi connectivity index (χ1n) is 5.09. The zero-order valence-corrected chi connectivity index (χ0v) is 9.82. The van der Waals surface area contributed by atoms with E-state index in [2.05, 4.69) is 5.32 Å². The molecule has 0 heterocycles. The molecule has 0 rings (SSSR count). The maximum atomic E-state index is 11.6. The van der Waals surface area contributed by atoms with E-state index in [1.54, 1.807) is 20.8 Å². The van der Waals surface area contributed by atoms with Gasteiger partial charge in [0.2, 0.25) is 0 Å². The van der Waals surface area contributed by atoms with Crippen molar-refractivity contribution in [3.8, 4) is 0 Å². The smallest absolute Gasteiger partial charge is 0.405 e. The highest BCUT2D eigenvalue weighted by atomic mass is 16.6. The van der Waals surface area contributed by atoms with Gasteiger partial charge < -0.3 is 20.3 Å². The SMILES string of the molecule is CC(C)(C)OC(=O)C(CCCO)NC(=O)O. The Balaban J connectivity index is 4.37. The number of rotatable bonds is 5. The average molecular weight is 233 g/mol. The van der Waals surface area contributed by atoms with Crippen LogP contribution in [0.1, 0.15) is 33.6 Å². The molecule has 0 aliphatic heterocycles. The molecule has 1 unspecified atom stereocenters. The molecule has 0 saturated heterocycles. The molecule has 6 heteroatoms. The van der Waals surface area contributed by atoms with Gasteiger partial charge in [-0.2, -0.15) is 0 Å². The maximum Gasteiger partial charge on any atom is 0.405 e. The highest BCUT2D eigenvalue weighted by Gasteiger charge is 2.25. The molecular formula is C10H19NO5. The van der Waals surface area contributed by atoms with Crippen molar-refractivity contribution in [1.29, 1.82) is 0 Å². The second-order valence-electron chi connectivity index (χ2n) is 4.40. The third-order valence-corrected chi connectivity index (χ3v) is 1.64. The van der Waals surface area contributed by atoms with Crippen molar-refractivity contribution in [2.24, 2.45) is 0 Å². The lowest BCUT2D eigenvalue weighted by molar-refractivity contribution is -0.157. The zero-order valence-electron chi connectivity index (χ0n) is 9.82. The summed E-state index contributed by atoms with van der Waals surface area (Å²) < 4.78 is 5.05. The summed E-state index contributed by atoms with van der Waals surface area (Å²) in [5, 5.41) is 19.3. The van der Waals surface area contributed by atoms with Crippen LogP contribution in [0.5, 0.6) is 0 Å². The lowest BCUT2D eigenvalue weighted by Crippen LogP contribution is -2.43. The van der Waals surface area contributed by atoms with Gasteiger partial charge in [0.15, 0.2) is 0 Å². The number of ether oxygens (including phenoxy) is 1. The molecule has 16 heavy (non-hydrogen) atoms. The fourth-order valence-electron chi connectivity index (χ4n) is 1.07. The van der Waals surface area contributed by atoms with E-state index >= 15 is 0 Å². The zero-order chi connectivity index (χ0) is 12.8. The number of carbonyl (C=O) groups excluding carboxylic acids is 1. The molecule has 6 nitrogen and oxygen atoms in total. The van der Waals surface area contributed by atoms with Gasteiger partial charge in [-0.15, -0.1) is 0 Å². The van der Waals surface area contributed by atoms with Crippen LogP contribution in [0.3, 0.4) is 0 Å². The average Bonchev–Trinajstić information content (AvgIpc) is 2.08. The summed E-state index contributed by atoms with van der Waals surface area (Å²) in [6, 6.07) is -0.927. The number of nitrogens with one attached hydrogen (secondary N) is 1. The van der Waals surface area contributed by atoms with Gasteiger partial charge in [0, 0.05) is 6.61 Å². The predicted molar refractivity (Wildman–Crippen MR) is 57.1 cm³/mol. The van der Waals surface area contributed by atoms with Crippen LogP contribution in [0.15, 0.2) is 0 Å². The number of carboxylic acid groups (broad SMARTS) is 1. The van der Waals surface area contributed by atoms with Gasteiger partial charge in [-0.05, 0) is 33.6 Å². The molecule has 0 spiro atoms. The van der Waals surface area contributed by atoms with Gasteiger partial charge in [-0.3, -0.25) is 0 Å². The Hall–Kier alpha value is -1.30. The fraction of sp³-hybridized carbons (Fsp3) is 0.800. The Morgan fingerprint density at radius 2 is 1.94 bits per heavy atom. The first-order chi connectivity index (χ1) is 7.26. The molecular weight excluding hydrogens is 214 g/mol. The minimum atomic E-state index is -1.28. The summed E-state index contributed by atoms with van der Waals surface area (Å²) >= 11 is 0. The van der Waals surface area contributed by atoms with E-state index in [1.165, 1.54) is 0 Å². The molecule has 0 saturated carbocycles. The highest BCUT2D eigenvalue weighted by Crippen LogP contribution is 2.10. The van der Waals surface area contributed by atoms with Crippen molar-refractivity contribution in [2.75, 3.05) is 6.61 Å². The maximum absolute atomic E-state index is 11.6. The van der Waals surface area contributed by atoms with Crippen molar-refractivity contribution in [3.63, 3.8) is 0 Å². The number of amides is 1. The molecule has 0 fully saturated rings. The van der Waals surface area contributed by atoms with E-state index in [9.17, 15) is 9.59 Å². The second-order valence-corrected chi connectivity index (χ2v) is 4.40. The summed E-state index contributed by atoms with van der Waals surface area (Å²) in [5.74, 6) is -0.622. The molecule has 1 atom stereocenters. The third-order valence-electron chi connectivity index (χ3n) is 1.64. The van der Waals surface area contributed by atoms with Gasteiger partial charge in [-0.25, -0.2) is 9.59 Å². The third kappa shape index (κ3) is 7.05. The van der Waals surface area contributed by atoms with Gasteiger partial charge in [0.1, 0.15) is 11.6 Å². The van der Waals surface area contributed by atoms with Crippen LogP contribution in [0.4, 0.5) is 4.79 Å². The van der Waals surface area contributed by atoms with Crippen molar-refractivity contribution >= 4 is 12.1 Å². The minimum absolute atomic E-state index is 0.0966. The molecule has 0 radical (unpaired) electrons. The Labute approximate surface area is 94.6 Å². The number of carbonyl (C=O) groups is 2. The van der Waals surface area contributed by atoms with Crippen molar-refractivity contribution in [2.45, 2.75) is 45.3 Å². The fourth-order valence-corrected chi connectivity index (χ4v) is 1.07. The first kappa shape index (κ1) is 14.7. The number of esters is 1. The molecule has 0 bridgehead atoms. The molecule has 0 aliphatic carbocycles. The Morgan fingerprint density at radius 1 is 1.38 bits per heavy atom. The molecule has 0 aromatic carbocycles. The van der Waals surface area contributed by atoms with E-state index in [1.807, 2.05) is 0 Å². The Bertz CT molecular complexity index is 246. The molecule has 1 amide bonds. The van der Waals surface area contributed by atoms with Crippen LogP contribution >= 0.6 is 0 Å². The lowest BCUT2D eigenvalue weighted by atomic mass is 10.1. The quantitative estimate of drug-likeness (QED) is 0.608. The summed E-state index contributed by atoms with van der Waals surface area (Å²) in [7, 11) is 0. The van der Waals surface area contributed by atoms with Crippen LogP contribution in [0, 0.1) is 0 Å². The van der Waals surface area contributed by atoms with Gasteiger partial charge in [-0.1, -0.05) is 0 Å². The van der Waals surface area contributed by atoms with Crippen LogP contribution in [0.25, 0.3) is 0 Å². The van der Waals surface area contributed by atoms with E-state index < -0.39 is 23.7 Å². The normalized spacial score (nSPS) is 13.0. The first-order valence-corrected chi connectivity index (χ1v) is 5.09. The van der Waals surface area contributed by atoms with E-state index in [0.717, 1.165) is 0 Å². The van der Waals surface area contributed by atoms with Gasteiger partial charge >= 0.3 is 12.1 Å². The van der Waals surface area contributed by atoms with Crippen LogP contribution in [-0.2, 0) is 9.53 Å². The topological polar surface area (TPSA) is 95.9 Å². The van der Waals surface area contributed by atoms with Crippen LogP contribution < -0.4 is 5.32 Å². The molecule has 94 valence electrons. The summed E-state index contributed by atoms with van der Waals surface area (Å²) in [4.78, 5) is 22.0. The number of aliphatic hydroxyl groups is 1. The van der Waals surface area contributed by atoms with Crippen molar-refractivity contribution in [3.05, 3.63) is 0 Å². The second kappa shape index (κ2) is 6.32. The standard InChI is InChI=1S/C10H19NO5/c1-10(2,3)16-8(13)7(5-4-6-12)11-9(14)15/h7,11-12H,4-6H2,1-3H3,(H,14,15). The largest absolute Gasteiger partial charge is 0.465 e. The molecule has 0 aromatic rings. The van der Waals surface area contributed by atoms with Crippen LogP contribution in [0.2, 0.25) is 0 Å². The number of hydrogen-bond donors (Lipinski definition) is 3. The lowest BCUT2D eigenvalue weighted by Gasteiger charge is -2.23. The molecule has 3 N–H and O–H groups in total. The van der Waals surface area contributed by atoms with E-state index in [4.69, 9.17) is 14.9 Å². The van der Waals surface area contributed by atoms with Gasteiger partial charge in [0.05, 0.1) is 0 Å². The van der Waals surface area contributed by atoms with Crippen LogP contribution in [-0.4, -0.2) is 40.5 Å². The number of aliphatic hydroxyl groups excluding tert-OH is 1. The van der Waals surface area contributed by atoms with Crippen molar-refractivity contribution < 1.29 is 24.5 Å². The summed E-state index contributed by atoms with van der Waals surface area (Å²) in [6.45, 7) is 5.01. The summed E-state index contributed by atoms with van der Waals surface area (Å²) in [6.07, 6.45) is -0.726.